The molecule has 0 spiro atoms. The second-order valence-electron chi connectivity index (χ2n) is 6.46. The van der Waals surface area contributed by atoms with Gasteiger partial charge in [-0.25, -0.2) is 0 Å². The second kappa shape index (κ2) is 7.01. The number of anilines is 1. The molecule has 0 bridgehead atoms. The average Bonchev–Trinajstić information content (AvgIpc) is 3.14. The molecule has 23 heavy (non-hydrogen) atoms. The summed E-state index contributed by atoms with van der Waals surface area (Å²) in [4.78, 5) is 25.4. The van der Waals surface area contributed by atoms with Gasteiger partial charge in [-0.1, -0.05) is 19.8 Å². The Kier molecular flexibility index (Phi) is 5.02. The minimum atomic E-state index is -0.445. The largest absolute Gasteiger partial charge is 0.368 e. The van der Waals surface area contributed by atoms with E-state index in [4.69, 9.17) is 10.5 Å². The number of carbonyl (C=O) groups is 2. The van der Waals surface area contributed by atoms with Crippen LogP contribution in [0.15, 0.2) is 0 Å². The second-order valence-corrected chi connectivity index (χ2v) is 7.57. The Hall–Kier alpha value is -1.40. The SMILES string of the molecule is CCC[C@H]1CCc2c(sc(NC(=O)[C@@H]3CCCO3)c2C(N)=O)C1. The quantitative estimate of drug-likeness (QED) is 0.867. The van der Waals surface area contributed by atoms with Crippen LogP contribution < -0.4 is 11.1 Å². The van der Waals surface area contributed by atoms with Gasteiger partial charge in [0.05, 0.1) is 5.56 Å². The number of thiophene rings is 1. The Morgan fingerprint density at radius 1 is 1.39 bits per heavy atom. The van der Waals surface area contributed by atoms with Crippen LogP contribution in [0.2, 0.25) is 0 Å². The van der Waals surface area contributed by atoms with E-state index >= 15 is 0 Å². The van der Waals surface area contributed by atoms with E-state index in [-0.39, 0.29) is 5.91 Å². The number of amides is 2. The number of hydrogen-bond donors (Lipinski definition) is 2. The lowest BCUT2D eigenvalue weighted by Gasteiger charge is -2.21. The molecule has 1 aliphatic heterocycles. The van der Waals surface area contributed by atoms with Crippen molar-refractivity contribution in [2.45, 2.75) is 58.0 Å². The van der Waals surface area contributed by atoms with Crippen molar-refractivity contribution in [3.8, 4) is 0 Å². The van der Waals surface area contributed by atoms with Crippen molar-refractivity contribution >= 4 is 28.2 Å². The molecule has 0 unspecified atom stereocenters. The number of rotatable bonds is 5. The molecule has 0 radical (unpaired) electrons. The van der Waals surface area contributed by atoms with E-state index in [9.17, 15) is 9.59 Å². The van der Waals surface area contributed by atoms with Gasteiger partial charge in [0.25, 0.3) is 11.8 Å². The Morgan fingerprint density at radius 2 is 2.22 bits per heavy atom. The van der Waals surface area contributed by atoms with Gasteiger partial charge in [0.1, 0.15) is 11.1 Å². The lowest BCUT2D eigenvalue weighted by atomic mass is 9.84. The molecule has 1 fully saturated rings. The van der Waals surface area contributed by atoms with Gasteiger partial charge in [-0.05, 0) is 43.6 Å². The predicted molar refractivity (Wildman–Crippen MR) is 90.9 cm³/mol. The molecule has 1 aromatic rings. The van der Waals surface area contributed by atoms with Crippen LogP contribution >= 0.6 is 11.3 Å². The monoisotopic (exact) mass is 336 g/mol. The molecule has 3 rings (SSSR count). The van der Waals surface area contributed by atoms with Crippen LogP contribution in [-0.4, -0.2) is 24.5 Å². The third-order valence-electron chi connectivity index (χ3n) is 4.77. The van der Waals surface area contributed by atoms with E-state index in [1.165, 1.54) is 29.1 Å². The van der Waals surface area contributed by atoms with Gasteiger partial charge < -0.3 is 15.8 Å². The number of fused-ring (bicyclic) bond motifs is 1. The first kappa shape index (κ1) is 16.5. The molecule has 1 aliphatic carbocycles. The van der Waals surface area contributed by atoms with Crippen LogP contribution in [0.5, 0.6) is 0 Å². The summed E-state index contributed by atoms with van der Waals surface area (Å²) in [5.74, 6) is 0.0707. The molecule has 3 N–H and O–H groups in total. The van der Waals surface area contributed by atoms with Crippen LogP contribution in [0.4, 0.5) is 5.00 Å². The van der Waals surface area contributed by atoms with Crippen molar-refractivity contribution in [3.63, 3.8) is 0 Å². The van der Waals surface area contributed by atoms with Crippen LogP contribution in [0, 0.1) is 5.92 Å². The van der Waals surface area contributed by atoms with E-state index in [2.05, 4.69) is 12.2 Å². The molecule has 6 heteroatoms. The molecule has 2 atom stereocenters. The van der Waals surface area contributed by atoms with Crippen molar-refractivity contribution < 1.29 is 14.3 Å². The molecule has 1 saturated heterocycles. The molecule has 1 aromatic heterocycles. The fourth-order valence-electron chi connectivity index (χ4n) is 3.63. The number of ether oxygens (including phenoxy) is 1. The first-order valence-corrected chi connectivity index (χ1v) is 9.28. The van der Waals surface area contributed by atoms with Gasteiger partial charge in [-0.15, -0.1) is 11.3 Å². The molecule has 0 aromatic carbocycles. The number of carbonyl (C=O) groups excluding carboxylic acids is 2. The van der Waals surface area contributed by atoms with Crippen LogP contribution in [-0.2, 0) is 22.4 Å². The van der Waals surface area contributed by atoms with Gasteiger partial charge in [0.2, 0.25) is 0 Å². The van der Waals surface area contributed by atoms with Gasteiger partial charge >= 0.3 is 0 Å². The number of nitrogens with one attached hydrogen (secondary N) is 1. The van der Waals surface area contributed by atoms with E-state index in [0.29, 0.717) is 23.1 Å². The lowest BCUT2D eigenvalue weighted by Crippen LogP contribution is -2.27. The van der Waals surface area contributed by atoms with Crippen molar-refractivity contribution in [3.05, 3.63) is 16.0 Å². The molecular formula is C17H24N2O3S. The van der Waals surface area contributed by atoms with E-state index < -0.39 is 12.0 Å². The van der Waals surface area contributed by atoms with E-state index in [1.807, 2.05) is 0 Å². The summed E-state index contributed by atoms with van der Waals surface area (Å²) >= 11 is 1.52. The fraction of sp³-hybridized carbons (Fsp3) is 0.647. The van der Waals surface area contributed by atoms with Gasteiger partial charge in [-0.3, -0.25) is 9.59 Å². The molecule has 5 nitrogen and oxygen atoms in total. The third-order valence-corrected chi connectivity index (χ3v) is 5.94. The summed E-state index contributed by atoms with van der Waals surface area (Å²) in [5.41, 5.74) is 7.16. The zero-order valence-electron chi connectivity index (χ0n) is 13.5. The van der Waals surface area contributed by atoms with Crippen molar-refractivity contribution in [2.75, 3.05) is 11.9 Å². The Labute approximate surface area is 140 Å². The van der Waals surface area contributed by atoms with E-state index in [0.717, 1.165) is 37.7 Å². The number of nitrogens with two attached hydrogens (primary N) is 1. The topological polar surface area (TPSA) is 81.4 Å². The molecule has 2 amide bonds. The van der Waals surface area contributed by atoms with Gasteiger partial charge in [0.15, 0.2) is 0 Å². The maximum atomic E-state index is 12.3. The summed E-state index contributed by atoms with van der Waals surface area (Å²) in [5, 5.41) is 3.50. The van der Waals surface area contributed by atoms with Crippen molar-refractivity contribution in [1.82, 2.24) is 0 Å². The summed E-state index contributed by atoms with van der Waals surface area (Å²) < 4.78 is 5.41. The maximum absolute atomic E-state index is 12.3. The Morgan fingerprint density at radius 3 is 2.87 bits per heavy atom. The number of hydrogen-bond acceptors (Lipinski definition) is 4. The van der Waals surface area contributed by atoms with Crippen LogP contribution in [0.1, 0.15) is 59.8 Å². The highest BCUT2D eigenvalue weighted by Crippen LogP contribution is 2.40. The lowest BCUT2D eigenvalue weighted by molar-refractivity contribution is -0.124. The normalized spacial score (nSPS) is 23.5. The van der Waals surface area contributed by atoms with E-state index in [1.54, 1.807) is 0 Å². The predicted octanol–water partition coefficient (Wildman–Crippen LogP) is 2.87. The van der Waals surface area contributed by atoms with Crippen LogP contribution in [0.25, 0.3) is 0 Å². The molecule has 0 saturated carbocycles. The standard InChI is InChI=1S/C17H24N2O3S/c1-2-4-10-6-7-11-13(9-10)23-17(14(11)15(18)20)19-16(21)12-5-3-8-22-12/h10,12H,2-9H2,1H3,(H2,18,20)(H,19,21)/t10-,12-/m0/s1. The van der Waals surface area contributed by atoms with Gasteiger partial charge in [0, 0.05) is 11.5 Å². The summed E-state index contributed by atoms with van der Waals surface area (Å²) in [6.45, 7) is 2.83. The third kappa shape index (κ3) is 3.43. The first-order chi connectivity index (χ1) is 11.1. The fourth-order valence-corrected chi connectivity index (χ4v) is 5.00. The average molecular weight is 336 g/mol. The van der Waals surface area contributed by atoms with Crippen molar-refractivity contribution in [2.24, 2.45) is 11.7 Å². The molecular weight excluding hydrogens is 312 g/mol. The maximum Gasteiger partial charge on any atom is 0.254 e. The zero-order chi connectivity index (χ0) is 16.4. The smallest absolute Gasteiger partial charge is 0.254 e. The summed E-state index contributed by atoms with van der Waals surface area (Å²) in [7, 11) is 0. The minimum Gasteiger partial charge on any atom is -0.368 e. The Balaban J connectivity index is 1.82. The Bertz CT molecular complexity index is 605. The molecule has 2 heterocycles. The molecule has 2 aliphatic rings. The first-order valence-electron chi connectivity index (χ1n) is 8.47. The zero-order valence-corrected chi connectivity index (χ0v) is 14.3. The molecule has 126 valence electrons. The highest BCUT2D eigenvalue weighted by molar-refractivity contribution is 7.17. The highest BCUT2D eigenvalue weighted by Gasteiger charge is 2.30. The number of primary amides is 1. The summed E-state index contributed by atoms with van der Waals surface area (Å²) in [6, 6.07) is 0. The van der Waals surface area contributed by atoms with Crippen LogP contribution in [0.3, 0.4) is 0 Å². The van der Waals surface area contributed by atoms with Gasteiger partial charge in [-0.2, -0.15) is 0 Å². The summed E-state index contributed by atoms with van der Waals surface area (Å²) in [6.07, 6.45) is 6.59. The minimum absolute atomic E-state index is 0.159. The highest BCUT2D eigenvalue weighted by atomic mass is 32.1. The van der Waals surface area contributed by atoms with Crippen molar-refractivity contribution in [1.29, 1.82) is 0 Å².